The maximum absolute atomic E-state index is 11.2. The Morgan fingerprint density at radius 3 is 2.09 bits per heavy atom. The summed E-state index contributed by atoms with van der Waals surface area (Å²) in [5, 5.41) is 15.1. The van der Waals surface area contributed by atoms with Gasteiger partial charge in [-0.25, -0.2) is 0 Å². The number of nitrogens with zero attached hydrogens (tertiary/aromatic N) is 3. The Labute approximate surface area is 203 Å². The summed E-state index contributed by atoms with van der Waals surface area (Å²) in [4.78, 5) is 3.99. The molecule has 0 aromatic heterocycles. The molecule has 0 radical (unpaired) electrons. The van der Waals surface area contributed by atoms with Crippen LogP contribution in [0.3, 0.4) is 0 Å². The molecule has 1 saturated heterocycles. The van der Waals surface area contributed by atoms with Gasteiger partial charge in [0.05, 0.1) is 25.9 Å². The fourth-order valence-corrected chi connectivity index (χ4v) is 4.91. The molecule has 34 heavy (non-hydrogen) atoms. The van der Waals surface area contributed by atoms with Gasteiger partial charge < -0.3 is 19.3 Å². The molecule has 8 heteroatoms. The molecular weight excluding hydrogens is 450 g/mol. The minimum atomic E-state index is -1.03. The van der Waals surface area contributed by atoms with Gasteiger partial charge in [0.25, 0.3) is 0 Å². The average molecular weight is 478 g/mol. The van der Waals surface area contributed by atoms with Gasteiger partial charge in [0.1, 0.15) is 23.7 Å². The van der Waals surface area contributed by atoms with Gasteiger partial charge in [-0.15, -0.1) is 0 Å². The smallest absolute Gasteiger partial charge is 0.119 e. The molecule has 5 atom stereocenters. The number of hydrogen-bond acceptors (Lipinski definition) is 6. The molecule has 0 aliphatic carbocycles. The molecule has 7 nitrogen and oxygen atoms in total. The van der Waals surface area contributed by atoms with Crippen LogP contribution in [0.2, 0.25) is 0 Å². The predicted molar refractivity (Wildman–Crippen MR) is 131 cm³/mol. The highest BCUT2D eigenvalue weighted by Gasteiger charge is 2.46. The molecule has 0 spiro atoms. The Balaban J connectivity index is 1.51. The summed E-state index contributed by atoms with van der Waals surface area (Å²) in [6.07, 6.45) is -2.42. The van der Waals surface area contributed by atoms with E-state index >= 15 is 0 Å². The van der Waals surface area contributed by atoms with E-state index in [0.717, 1.165) is 16.0 Å². The van der Waals surface area contributed by atoms with E-state index in [9.17, 15) is 10.6 Å². The van der Waals surface area contributed by atoms with Crippen molar-refractivity contribution in [2.75, 3.05) is 6.61 Å². The van der Waals surface area contributed by atoms with Gasteiger partial charge in [0.2, 0.25) is 0 Å². The highest BCUT2D eigenvalue weighted by molar-refractivity contribution is 7.99. The monoisotopic (exact) mass is 477 g/mol. The second-order valence-electron chi connectivity index (χ2n) is 7.92. The molecule has 1 heterocycles. The summed E-state index contributed by atoms with van der Waals surface area (Å²) in [5.74, 6) is 0. The van der Waals surface area contributed by atoms with Crippen LogP contribution in [-0.4, -0.2) is 41.5 Å². The van der Waals surface area contributed by atoms with Crippen molar-refractivity contribution in [3.05, 3.63) is 113 Å². The largest absolute Gasteiger partial charge is 0.388 e. The summed E-state index contributed by atoms with van der Waals surface area (Å²) < 4.78 is 18.3. The number of hydrogen-bond donors (Lipinski definition) is 1. The Bertz CT molecular complexity index is 1050. The van der Waals surface area contributed by atoms with E-state index in [1.807, 2.05) is 91.0 Å². The lowest BCUT2D eigenvalue weighted by Gasteiger charge is -2.42. The van der Waals surface area contributed by atoms with Crippen LogP contribution >= 0.6 is 11.8 Å². The van der Waals surface area contributed by atoms with Gasteiger partial charge in [-0.1, -0.05) is 95.7 Å². The molecule has 1 unspecified atom stereocenters. The van der Waals surface area contributed by atoms with E-state index in [4.69, 9.17) is 14.2 Å². The van der Waals surface area contributed by atoms with Crippen molar-refractivity contribution in [2.45, 2.75) is 47.9 Å². The predicted octanol–water partition coefficient (Wildman–Crippen LogP) is 5.35. The molecule has 4 rings (SSSR count). The van der Waals surface area contributed by atoms with Crippen LogP contribution in [0.15, 0.2) is 101 Å². The number of rotatable bonds is 10. The summed E-state index contributed by atoms with van der Waals surface area (Å²) in [5.41, 5.74) is 10.7. The van der Waals surface area contributed by atoms with Gasteiger partial charge in [0.15, 0.2) is 0 Å². The highest BCUT2D eigenvalue weighted by Crippen LogP contribution is 2.36. The van der Waals surface area contributed by atoms with Crippen LogP contribution in [0.4, 0.5) is 0 Å². The zero-order valence-corrected chi connectivity index (χ0v) is 19.4. The number of azide groups is 1. The summed E-state index contributed by atoms with van der Waals surface area (Å²) in [6.45, 7) is 0.857. The maximum Gasteiger partial charge on any atom is 0.119 e. The molecule has 0 amide bonds. The van der Waals surface area contributed by atoms with Crippen LogP contribution < -0.4 is 0 Å². The minimum Gasteiger partial charge on any atom is -0.388 e. The molecule has 1 N–H and O–H groups in total. The van der Waals surface area contributed by atoms with Crippen molar-refractivity contribution >= 4 is 11.8 Å². The van der Waals surface area contributed by atoms with E-state index in [2.05, 4.69) is 10.0 Å². The molecule has 0 saturated carbocycles. The lowest BCUT2D eigenvalue weighted by molar-refractivity contribution is -0.190. The maximum atomic E-state index is 11.2. The third kappa shape index (κ3) is 6.61. The van der Waals surface area contributed by atoms with Gasteiger partial charge >= 0.3 is 0 Å². The zero-order chi connectivity index (χ0) is 23.6. The van der Waals surface area contributed by atoms with Crippen LogP contribution in [0.25, 0.3) is 10.4 Å². The van der Waals surface area contributed by atoms with Crippen molar-refractivity contribution in [1.82, 2.24) is 0 Å². The van der Waals surface area contributed by atoms with Gasteiger partial charge in [0, 0.05) is 9.81 Å². The second-order valence-corrected chi connectivity index (χ2v) is 9.09. The standard InChI is InChI=1S/C26H27N3O4S/c27-29-28-23-25(32-17-20-12-6-2-7-13-20)24(30)22(18-31-16-19-10-4-1-5-11-19)33-26(23)34-21-14-8-3-9-15-21/h1-15,22-26,30H,16-18H2/t22-,23-,24-,25-,26?/m1/s1. The molecule has 176 valence electrons. The summed E-state index contributed by atoms with van der Waals surface area (Å²) >= 11 is 1.44. The molecule has 3 aromatic carbocycles. The van der Waals surface area contributed by atoms with Crippen LogP contribution in [0.5, 0.6) is 0 Å². The van der Waals surface area contributed by atoms with Gasteiger partial charge in [-0.05, 0) is 28.8 Å². The average Bonchev–Trinajstić information content (AvgIpc) is 2.88. The molecule has 1 aliphatic rings. The number of thioether (sulfide) groups is 1. The van der Waals surface area contributed by atoms with Crippen LogP contribution in [0, 0.1) is 0 Å². The van der Waals surface area contributed by atoms with Crippen LogP contribution in [-0.2, 0) is 27.4 Å². The van der Waals surface area contributed by atoms with Crippen molar-refractivity contribution in [3.63, 3.8) is 0 Å². The summed E-state index contributed by atoms with van der Waals surface area (Å²) in [7, 11) is 0. The van der Waals surface area contributed by atoms with Crippen molar-refractivity contribution in [2.24, 2.45) is 5.11 Å². The highest BCUT2D eigenvalue weighted by atomic mass is 32.2. The Kier molecular flexibility index (Phi) is 8.98. The Morgan fingerprint density at radius 2 is 1.47 bits per heavy atom. The third-order valence-corrected chi connectivity index (χ3v) is 6.67. The third-order valence-electron chi connectivity index (χ3n) is 5.50. The number of aliphatic hydroxyl groups excluding tert-OH is 1. The summed E-state index contributed by atoms with van der Waals surface area (Å²) in [6, 6.07) is 28.5. The van der Waals surface area contributed by atoms with E-state index < -0.39 is 29.8 Å². The van der Waals surface area contributed by atoms with Crippen LogP contribution in [0.1, 0.15) is 11.1 Å². The number of aliphatic hydroxyl groups is 1. The lowest BCUT2D eigenvalue weighted by Crippen LogP contribution is -2.57. The molecule has 3 aromatic rings. The van der Waals surface area contributed by atoms with E-state index in [-0.39, 0.29) is 13.2 Å². The van der Waals surface area contributed by atoms with Crippen molar-refractivity contribution < 1.29 is 19.3 Å². The van der Waals surface area contributed by atoms with E-state index in [0.29, 0.717) is 6.61 Å². The van der Waals surface area contributed by atoms with Crippen molar-refractivity contribution in [1.29, 1.82) is 0 Å². The van der Waals surface area contributed by atoms with Gasteiger partial charge in [-0.2, -0.15) is 0 Å². The van der Waals surface area contributed by atoms with Gasteiger partial charge in [-0.3, -0.25) is 0 Å². The molecule has 0 bridgehead atoms. The quantitative estimate of drug-likeness (QED) is 0.241. The fraction of sp³-hybridized carbons (Fsp3) is 0.308. The SMILES string of the molecule is [N-]=[N+]=N[C@H]1C(Sc2ccccc2)O[C@H](COCc2ccccc2)[C@@H](O)[C@@H]1OCc1ccccc1. The van der Waals surface area contributed by atoms with Crippen molar-refractivity contribution in [3.8, 4) is 0 Å². The number of ether oxygens (including phenoxy) is 3. The first-order valence-corrected chi connectivity index (χ1v) is 12.0. The number of benzene rings is 3. The minimum absolute atomic E-state index is 0.177. The molecule has 1 aliphatic heterocycles. The topological polar surface area (TPSA) is 96.7 Å². The van der Waals surface area contributed by atoms with E-state index in [1.54, 1.807) is 0 Å². The fourth-order valence-electron chi connectivity index (χ4n) is 3.78. The second kappa shape index (κ2) is 12.6. The van der Waals surface area contributed by atoms with E-state index in [1.165, 1.54) is 11.8 Å². The normalized spacial score (nSPS) is 24.3. The first kappa shape index (κ1) is 24.3. The molecular formula is C26H27N3O4S. The first-order chi connectivity index (χ1) is 16.7. The lowest BCUT2D eigenvalue weighted by atomic mass is 9.98. The zero-order valence-electron chi connectivity index (χ0n) is 18.6. The Hall–Kier alpha value is -2.84. The first-order valence-electron chi connectivity index (χ1n) is 11.1. The Morgan fingerprint density at radius 1 is 0.882 bits per heavy atom. The molecule has 1 fully saturated rings.